The van der Waals surface area contributed by atoms with Gasteiger partial charge in [0.15, 0.2) is 0 Å². The number of hydrogen-bond donors (Lipinski definition) is 1. The number of methoxy groups -OCH3 is 1. The summed E-state index contributed by atoms with van der Waals surface area (Å²) in [5, 5.41) is 14.2. The number of hydrogen-bond acceptors (Lipinski definition) is 6. The zero-order chi connectivity index (χ0) is 18.9. The van der Waals surface area contributed by atoms with E-state index in [1.54, 1.807) is 20.6 Å². The molecular formula is C18H22N2O5S. The first-order valence-corrected chi connectivity index (χ1v) is 9.41. The van der Waals surface area contributed by atoms with Crippen LogP contribution in [0.15, 0.2) is 23.4 Å². The second-order valence-corrected chi connectivity index (χ2v) is 7.49. The summed E-state index contributed by atoms with van der Waals surface area (Å²) in [6.07, 6.45) is 2.76. The lowest BCUT2D eigenvalue weighted by atomic mass is 9.84. The van der Waals surface area contributed by atoms with Crippen LogP contribution >= 0.6 is 11.3 Å². The van der Waals surface area contributed by atoms with Gasteiger partial charge >= 0.3 is 5.97 Å². The molecule has 2 aliphatic heterocycles. The molecule has 0 spiro atoms. The van der Waals surface area contributed by atoms with Crippen LogP contribution in [0.2, 0.25) is 0 Å². The van der Waals surface area contributed by atoms with Gasteiger partial charge in [-0.05, 0) is 24.3 Å². The van der Waals surface area contributed by atoms with Crippen LogP contribution in [0, 0.1) is 5.92 Å². The van der Waals surface area contributed by atoms with E-state index in [2.05, 4.69) is 6.58 Å². The summed E-state index contributed by atoms with van der Waals surface area (Å²) in [5.41, 5.74) is -0.386. The summed E-state index contributed by atoms with van der Waals surface area (Å²) in [4.78, 5) is 39.6. The summed E-state index contributed by atoms with van der Waals surface area (Å²) in [6, 6.07) is 0. The van der Waals surface area contributed by atoms with E-state index >= 15 is 0 Å². The fraction of sp³-hybridized carbons (Fsp3) is 0.500. The van der Waals surface area contributed by atoms with Crippen molar-refractivity contribution in [1.29, 1.82) is 0 Å². The molecule has 2 fully saturated rings. The molecule has 1 aromatic heterocycles. The smallest absolute Gasteiger partial charge is 0.339 e. The van der Waals surface area contributed by atoms with Crippen LogP contribution in [-0.2, 0) is 19.9 Å². The third-order valence-corrected chi connectivity index (χ3v) is 5.79. The normalized spacial score (nSPS) is 21.7. The Morgan fingerprint density at radius 3 is 2.73 bits per heavy atom. The maximum Gasteiger partial charge on any atom is 0.339 e. The molecule has 8 heteroatoms. The maximum absolute atomic E-state index is 12.7. The van der Waals surface area contributed by atoms with Crippen LogP contribution in [0.3, 0.4) is 0 Å². The number of carbonyl (C=O) groups is 3. The molecule has 7 nitrogen and oxygen atoms in total. The van der Waals surface area contributed by atoms with Crippen LogP contribution in [0.25, 0.3) is 0 Å². The van der Waals surface area contributed by atoms with Crippen molar-refractivity contribution >= 4 is 29.1 Å². The minimum absolute atomic E-state index is 0.0638. The molecule has 2 aliphatic rings. The molecule has 0 radical (unpaired) electrons. The maximum atomic E-state index is 12.7. The Morgan fingerprint density at radius 1 is 1.35 bits per heavy atom. The number of rotatable bonds is 4. The quantitative estimate of drug-likeness (QED) is 0.624. The molecule has 0 bridgehead atoms. The SMILES string of the molecule is C=CC(=O)N1CCCC(C(=O)N2CC(O)(c3cscc3C(=O)OC)C2)C1. The molecule has 0 aliphatic carbocycles. The van der Waals surface area contributed by atoms with Gasteiger partial charge in [0, 0.05) is 24.0 Å². The molecule has 1 aromatic rings. The second kappa shape index (κ2) is 7.20. The number of esters is 1. The average Bonchev–Trinajstić information content (AvgIpc) is 3.14. The van der Waals surface area contributed by atoms with Gasteiger partial charge in [0.1, 0.15) is 5.60 Å². The summed E-state index contributed by atoms with van der Waals surface area (Å²) in [6.45, 7) is 4.78. The fourth-order valence-electron chi connectivity index (χ4n) is 3.60. The first-order chi connectivity index (χ1) is 12.4. The highest BCUT2D eigenvalue weighted by Crippen LogP contribution is 2.37. The number of β-amino-alcohol motifs (C(OH)–C–C–N with tert-alkyl or cyclic N) is 1. The largest absolute Gasteiger partial charge is 0.465 e. The Bertz CT molecular complexity index is 738. The van der Waals surface area contributed by atoms with Gasteiger partial charge in [0.2, 0.25) is 11.8 Å². The molecule has 2 saturated heterocycles. The summed E-state index contributed by atoms with van der Waals surface area (Å²) in [5.74, 6) is -0.986. The van der Waals surface area contributed by atoms with Crippen molar-refractivity contribution in [2.45, 2.75) is 18.4 Å². The van der Waals surface area contributed by atoms with Gasteiger partial charge in [-0.25, -0.2) is 4.79 Å². The molecule has 2 amide bonds. The first-order valence-electron chi connectivity index (χ1n) is 8.47. The lowest BCUT2D eigenvalue weighted by molar-refractivity contribution is -0.163. The standard InChI is InChI=1S/C18H22N2O5S/c1-3-15(21)19-6-4-5-12(7-19)16(22)20-10-18(24,11-20)14-9-26-8-13(14)17(23)25-2/h3,8-9,12,24H,1,4-7,10-11H2,2H3. The van der Waals surface area contributed by atoms with Gasteiger partial charge in [-0.1, -0.05) is 6.58 Å². The van der Waals surface area contributed by atoms with Gasteiger partial charge in [-0.15, -0.1) is 0 Å². The van der Waals surface area contributed by atoms with Crippen molar-refractivity contribution in [2.24, 2.45) is 5.92 Å². The molecule has 1 N–H and O–H groups in total. The third kappa shape index (κ3) is 3.26. The molecule has 3 heterocycles. The second-order valence-electron chi connectivity index (χ2n) is 6.74. The van der Waals surface area contributed by atoms with E-state index in [1.807, 2.05) is 0 Å². The van der Waals surface area contributed by atoms with E-state index in [9.17, 15) is 19.5 Å². The number of likely N-dealkylation sites (tertiary alicyclic amines) is 2. The Kier molecular flexibility index (Phi) is 5.15. The number of aliphatic hydroxyl groups is 1. The lowest BCUT2D eigenvalue weighted by Crippen LogP contribution is -2.63. The monoisotopic (exact) mass is 378 g/mol. The van der Waals surface area contributed by atoms with Gasteiger partial charge in [0.05, 0.1) is 31.7 Å². The number of nitrogens with zero attached hydrogens (tertiary/aromatic N) is 2. The first kappa shape index (κ1) is 18.6. The highest BCUT2D eigenvalue weighted by Gasteiger charge is 2.48. The molecule has 140 valence electrons. The van der Waals surface area contributed by atoms with Crippen molar-refractivity contribution in [1.82, 2.24) is 9.80 Å². The minimum Gasteiger partial charge on any atom is -0.465 e. The van der Waals surface area contributed by atoms with Crippen molar-refractivity contribution in [3.63, 3.8) is 0 Å². The molecule has 1 unspecified atom stereocenters. The Morgan fingerprint density at radius 2 is 2.08 bits per heavy atom. The van der Waals surface area contributed by atoms with Crippen molar-refractivity contribution < 1.29 is 24.2 Å². The third-order valence-electron chi connectivity index (χ3n) is 5.04. The molecule has 0 saturated carbocycles. The molecular weight excluding hydrogens is 356 g/mol. The average molecular weight is 378 g/mol. The molecule has 26 heavy (non-hydrogen) atoms. The zero-order valence-corrected chi connectivity index (χ0v) is 15.5. The number of thiophene rings is 1. The summed E-state index contributed by atoms with van der Waals surface area (Å²) in [7, 11) is 1.30. The van der Waals surface area contributed by atoms with E-state index in [-0.39, 0.29) is 30.8 Å². The zero-order valence-electron chi connectivity index (χ0n) is 14.6. The van der Waals surface area contributed by atoms with Gasteiger partial charge in [-0.3, -0.25) is 9.59 Å². The Labute approximate surface area is 155 Å². The number of carbonyl (C=O) groups excluding carboxylic acids is 3. The summed E-state index contributed by atoms with van der Waals surface area (Å²) >= 11 is 1.31. The highest BCUT2D eigenvalue weighted by molar-refractivity contribution is 7.08. The van der Waals surface area contributed by atoms with Gasteiger partial charge < -0.3 is 19.6 Å². The predicted molar refractivity (Wildman–Crippen MR) is 95.6 cm³/mol. The van der Waals surface area contributed by atoms with E-state index in [0.717, 1.165) is 12.8 Å². The van der Waals surface area contributed by atoms with Crippen LogP contribution in [-0.4, -0.2) is 66.0 Å². The van der Waals surface area contributed by atoms with E-state index in [1.165, 1.54) is 24.5 Å². The molecule has 0 aromatic carbocycles. The lowest BCUT2D eigenvalue weighted by Gasteiger charge is -2.48. The van der Waals surface area contributed by atoms with E-state index in [4.69, 9.17) is 4.74 Å². The van der Waals surface area contributed by atoms with Gasteiger partial charge in [0.25, 0.3) is 0 Å². The van der Waals surface area contributed by atoms with Crippen molar-refractivity contribution in [3.8, 4) is 0 Å². The van der Waals surface area contributed by atoms with Crippen molar-refractivity contribution in [3.05, 3.63) is 34.5 Å². The van der Waals surface area contributed by atoms with Crippen LogP contribution in [0.4, 0.5) is 0 Å². The van der Waals surface area contributed by atoms with Crippen molar-refractivity contribution in [2.75, 3.05) is 33.3 Å². The van der Waals surface area contributed by atoms with Crippen LogP contribution in [0.5, 0.6) is 0 Å². The van der Waals surface area contributed by atoms with E-state index in [0.29, 0.717) is 24.2 Å². The number of piperidine rings is 1. The Hall–Kier alpha value is -2.19. The summed E-state index contributed by atoms with van der Waals surface area (Å²) < 4.78 is 4.74. The highest BCUT2D eigenvalue weighted by atomic mass is 32.1. The number of ether oxygens (including phenoxy) is 1. The van der Waals surface area contributed by atoms with Crippen LogP contribution < -0.4 is 0 Å². The van der Waals surface area contributed by atoms with Crippen LogP contribution in [0.1, 0.15) is 28.8 Å². The Balaban J connectivity index is 1.65. The number of amides is 2. The van der Waals surface area contributed by atoms with Gasteiger partial charge in [-0.2, -0.15) is 11.3 Å². The molecule has 3 rings (SSSR count). The fourth-order valence-corrected chi connectivity index (χ4v) is 4.51. The minimum atomic E-state index is -1.23. The van der Waals surface area contributed by atoms with E-state index < -0.39 is 11.6 Å². The predicted octanol–water partition coefficient (Wildman–Crippen LogP) is 0.989. The topological polar surface area (TPSA) is 87.2 Å². The molecule has 1 atom stereocenters.